The summed E-state index contributed by atoms with van der Waals surface area (Å²) in [5.74, 6) is 1.14. The molecule has 0 amide bonds. The van der Waals surface area contributed by atoms with E-state index in [0.29, 0.717) is 17.1 Å². The van der Waals surface area contributed by atoms with Gasteiger partial charge in [-0.05, 0) is 37.3 Å². The Kier molecular flexibility index (Phi) is 4.56. The van der Waals surface area contributed by atoms with Crippen LogP contribution in [0.3, 0.4) is 0 Å². The highest BCUT2D eigenvalue weighted by molar-refractivity contribution is 7.18. The molecule has 5 nitrogen and oxygen atoms in total. The lowest BCUT2D eigenvalue weighted by molar-refractivity contribution is -0.665. The van der Waals surface area contributed by atoms with Gasteiger partial charge in [0.15, 0.2) is 0 Å². The summed E-state index contributed by atoms with van der Waals surface area (Å²) in [5.41, 5.74) is 1.73. The molecule has 0 aliphatic carbocycles. The van der Waals surface area contributed by atoms with E-state index < -0.39 is 4.92 Å². The van der Waals surface area contributed by atoms with Crippen molar-refractivity contribution in [2.24, 2.45) is 0 Å². The molecule has 2 heterocycles. The van der Waals surface area contributed by atoms with Gasteiger partial charge in [-0.25, -0.2) is 0 Å². The number of aromatic nitrogens is 1. The lowest BCUT2D eigenvalue weighted by Gasteiger charge is -1.98. The monoisotopic (exact) mass is 377 g/mol. The van der Waals surface area contributed by atoms with E-state index in [2.05, 4.69) is 23.6 Å². The van der Waals surface area contributed by atoms with Crippen molar-refractivity contribution in [3.8, 4) is 11.3 Å². The van der Waals surface area contributed by atoms with Gasteiger partial charge in [0.25, 0.3) is 10.7 Å². The van der Waals surface area contributed by atoms with Crippen molar-refractivity contribution in [1.29, 1.82) is 0 Å². The van der Waals surface area contributed by atoms with Crippen molar-refractivity contribution in [3.63, 3.8) is 0 Å². The van der Waals surface area contributed by atoms with Crippen LogP contribution in [0.25, 0.3) is 33.7 Å². The molecule has 27 heavy (non-hydrogen) atoms. The summed E-state index contributed by atoms with van der Waals surface area (Å²) in [4.78, 5) is 10.8. The smallest absolute Gasteiger partial charge is 0.280 e. The van der Waals surface area contributed by atoms with Crippen molar-refractivity contribution in [2.45, 2.75) is 13.5 Å². The summed E-state index contributed by atoms with van der Waals surface area (Å²) < 4.78 is 9.32. The first kappa shape index (κ1) is 17.2. The van der Waals surface area contributed by atoms with Gasteiger partial charge < -0.3 is 4.42 Å². The lowest BCUT2D eigenvalue weighted by atomic mass is 10.1. The Morgan fingerprint density at radius 1 is 1.07 bits per heavy atom. The summed E-state index contributed by atoms with van der Waals surface area (Å²) in [7, 11) is 0. The second-order valence-corrected chi connectivity index (χ2v) is 7.02. The molecule has 0 unspecified atom stereocenters. The normalized spacial score (nSPS) is 11.4. The number of benzene rings is 2. The highest BCUT2D eigenvalue weighted by Crippen LogP contribution is 2.31. The van der Waals surface area contributed by atoms with Gasteiger partial charge >= 0.3 is 0 Å². The summed E-state index contributed by atoms with van der Waals surface area (Å²) >= 11 is 1.72. The second-order valence-electron chi connectivity index (χ2n) is 5.96. The molecular formula is C21H17N2O3S+. The van der Waals surface area contributed by atoms with Gasteiger partial charge in [-0.3, -0.25) is 10.1 Å². The predicted octanol–water partition coefficient (Wildman–Crippen LogP) is 5.55. The number of rotatable bonds is 5. The number of furan rings is 1. The number of para-hydroxylation sites is 2. The molecule has 0 aliphatic rings. The number of thiazole rings is 1. The van der Waals surface area contributed by atoms with E-state index in [0.717, 1.165) is 11.6 Å². The Bertz CT molecular complexity index is 1160. The maximum Gasteiger partial charge on any atom is 0.280 e. The number of nitrogens with zero attached hydrogens (tertiary/aromatic N) is 2. The van der Waals surface area contributed by atoms with Gasteiger partial charge in [0, 0.05) is 18.2 Å². The van der Waals surface area contributed by atoms with Gasteiger partial charge in [-0.2, -0.15) is 4.57 Å². The van der Waals surface area contributed by atoms with Gasteiger partial charge in [-0.15, -0.1) is 0 Å². The number of fused-ring (bicyclic) bond motifs is 1. The van der Waals surface area contributed by atoms with E-state index in [9.17, 15) is 10.1 Å². The highest BCUT2D eigenvalue weighted by Gasteiger charge is 2.18. The van der Waals surface area contributed by atoms with Gasteiger partial charge in [0.1, 0.15) is 22.8 Å². The van der Waals surface area contributed by atoms with Crippen molar-refractivity contribution < 1.29 is 13.9 Å². The van der Waals surface area contributed by atoms with Crippen molar-refractivity contribution in [2.75, 3.05) is 0 Å². The maximum atomic E-state index is 11.2. The third-order valence-corrected chi connectivity index (χ3v) is 5.47. The Hall–Kier alpha value is -3.25. The molecule has 134 valence electrons. The summed E-state index contributed by atoms with van der Waals surface area (Å²) in [6.07, 6.45) is 3.92. The minimum absolute atomic E-state index is 0.0377. The van der Waals surface area contributed by atoms with Crippen LogP contribution in [0.1, 0.15) is 17.7 Å². The Morgan fingerprint density at radius 3 is 2.67 bits per heavy atom. The molecule has 0 bridgehead atoms. The number of nitro groups is 1. The van der Waals surface area contributed by atoms with E-state index in [4.69, 9.17) is 4.42 Å². The molecule has 4 rings (SSSR count). The first-order valence-corrected chi connectivity index (χ1v) is 9.42. The Balaban J connectivity index is 1.67. The fraction of sp³-hybridized carbons (Fsp3) is 0.0952. The van der Waals surface area contributed by atoms with Crippen LogP contribution in [0.15, 0.2) is 65.1 Å². The molecule has 0 N–H and O–H groups in total. The number of hydrogen-bond acceptors (Lipinski definition) is 4. The van der Waals surface area contributed by atoms with Crippen LogP contribution in [-0.4, -0.2) is 4.92 Å². The molecule has 4 aromatic rings. The Labute approximate surface area is 160 Å². The van der Waals surface area contributed by atoms with Gasteiger partial charge in [0.05, 0.1) is 10.5 Å². The fourth-order valence-electron chi connectivity index (χ4n) is 3.08. The molecular weight excluding hydrogens is 360 g/mol. The van der Waals surface area contributed by atoms with Crippen molar-refractivity contribution in [3.05, 3.63) is 81.5 Å². The summed E-state index contributed by atoms with van der Waals surface area (Å²) in [6.45, 7) is 3.00. The molecule has 0 spiro atoms. The fourth-order valence-corrected chi connectivity index (χ4v) is 4.21. The minimum Gasteiger partial charge on any atom is -0.456 e. The molecule has 6 heteroatoms. The van der Waals surface area contributed by atoms with Crippen molar-refractivity contribution in [1.82, 2.24) is 0 Å². The predicted molar refractivity (Wildman–Crippen MR) is 107 cm³/mol. The second kappa shape index (κ2) is 7.17. The average Bonchev–Trinajstić information content (AvgIpc) is 3.30. The lowest BCUT2D eigenvalue weighted by Crippen LogP contribution is -2.33. The third-order valence-electron chi connectivity index (χ3n) is 4.34. The molecule has 2 aromatic heterocycles. The van der Waals surface area contributed by atoms with E-state index in [1.807, 2.05) is 30.4 Å². The Morgan fingerprint density at radius 2 is 1.85 bits per heavy atom. The van der Waals surface area contributed by atoms with Crippen LogP contribution in [0.4, 0.5) is 5.69 Å². The topological polar surface area (TPSA) is 60.2 Å². The molecule has 0 saturated heterocycles. The zero-order chi connectivity index (χ0) is 18.8. The first-order valence-electron chi connectivity index (χ1n) is 8.60. The highest BCUT2D eigenvalue weighted by atomic mass is 32.1. The van der Waals surface area contributed by atoms with E-state index in [-0.39, 0.29) is 5.69 Å². The van der Waals surface area contributed by atoms with Crippen LogP contribution in [0, 0.1) is 10.1 Å². The standard InChI is InChI=1S/C21H17N2O3S/c1-2-22-18-9-5-6-10-20(18)27-21(22)14-12-15-11-13-19(26-15)16-7-3-4-8-17(16)23(24)25/h3-14H,2H2,1H3/q+1. The average molecular weight is 377 g/mol. The van der Waals surface area contributed by atoms with Crippen LogP contribution in [0.2, 0.25) is 0 Å². The van der Waals surface area contributed by atoms with Crippen LogP contribution >= 0.6 is 11.3 Å². The number of aryl methyl sites for hydroxylation is 1. The SMILES string of the molecule is CC[n+]1c(C=Cc2ccc(-c3ccccc3[N+](=O)[O-])o2)sc2ccccc21. The molecule has 0 fully saturated rings. The quantitative estimate of drug-likeness (QED) is 0.260. The first-order chi connectivity index (χ1) is 13.2. The van der Waals surface area contributed by atoms with Crippen LogP contribution < -0.4 is 4.57 Å². The molecule has 2 aromatic carbocycles. The van der Waals surface area contributed by atoms with E-state index in [1.165, 1.54) is 16.3 Å². The van der Waals surface area contributed by atoms with E-state index >= 15 is 0 Å². The largest absolute Gasteiger partial charge is 0.456 e. The molecule has 0 aliphatic heterocycles. The van der Waals surface area contributed by atoms with E-state index in [1.54, 1.807) is 35.6 Å². The molecule has 0 radical (unpaired) electrons. The van der Waals surface area contributed by atoms with Gasteiger partial charge in [-0.1, -0.05) is 35.6 Å². The minimum atomic E-state index is -0.394. The summed E-state index contributed by atoms with van der Waals surface area (Å²) in [6, 6.07) is 18.5. The zero-order valence-corrected chi connectivity index (χ0v) is 15.5. The van der Waals surface area contributed by atoms with Gasteiger partial charge in [0.2, 0.25) is 5.52 Å². The number of hydrogen-bond donors (Lipinski definition) is 0. The number of nitro benzene ring substituents is 1. The zero-order valence-electron chi connectivity index (χ0n) is 14.7. The molecule has 0 atom stereocenters. The van der Waals surface area contributed by atoms with Crippen molar-refractivity contribution >= 4 is 39.4 Å². The maximum absolute atomic E-state index is 11.2. The van der Waals surface area contributed by atoms with Crippen LogP contribution in [-0.2, 0) is 6.54 Å². The summed E-state index contributed by atoms with van der Waals surface area (Å²) in [5, 5.41) is 12.3. The molecule has 0 saturated carbocycles. The third kappa shape index (κ3) is 3.27. The van der Waals surface area contributed by atoms with Crippen LogP contribution in [0.5, 0.6) is 0 Å².